The Balaban J connectivity index is 1.56. The molecule has 4 rings (SSSR count). The zero-order chi connectivity index (χ0) is 19.5. The van der Waals surface area contributed by atoms with Gasteiger partial charge in [0.15, 0.2) is 0 Å². The van der Waals surface area contributed by atoms with Crippen molar-refractivity contribution in [2.75, 3.05) is 7.05 Å². The zero-order valence-corrected chi connectivity index (χ0v) is 16.2. The fourth-order valence-corrected chi connectivity index (χ4v) is 4.08. The largest absolute Gasteiger partial charge is 0.340 e. The number of benzene rings is 2. The fourth-order valence-electron chi connectivity index (χ4n) is 3.01. The molecule has 0 saturated heterocycles. The highest BCUT2D eigenvalue weighted by Gasteiger charge is 2.14. The molecule has 1 amide bonds. The molecule has 0 bridgehead atoms. The number of thiophene rings is 1. The van der Waals surface area contributed by atoms with E-state index in [-0.39, 0.29) is 18.0 Å². The summed E-state index contributed by atoms with van der Waals surface area (Å²) in [4.78, 5) is 32.4. The molecular formula is C22H19N3O2S. The number of fused-ring (bicyclic) bond motifs is 1. The van der Waals surface area contributed by atoms with Gasteiger partial charge in [0.2, 0.25) is 5.91 Å². The van der Waals surface area contributed by atoms with E-state index in [4.69, 9.17) is 0 Å². The Morgan fingerprint density at radius 3 is 2.46 bits per heavy atom. The minimum atomic E-state index is -0.182. The Labute approximate surface area is 166 Å². The average Bonchev–Trinajstić information content (AvgIpc) is 3.17. The number of nitrogens with zero attached hydrogens (tertiary/aromatic N) is 3. The molecule has 0 radical (unpaired) electrons. The molecule has 0 aliphatic carbocycles. The first-order valence-electron chi connectivity index (χ1n) is 8.94. The Bertz CT molecular complexity index is 1170. The summed E-state index contributed by atoms with van der Waals surface area (Å²) < 4.78 is 1.96. The third kappa shape index (κ3) is 3.73. The zero-order valence-electron chi connectivity index (χ0n) is 15.4. The van der Waals surface area contributed by atoms with Crippen molar-refractivity contribution in [1.29, 1.82) is 0 Å². The van der Waals surface area contributed by atoms with Gasteiger partial charge in [-0.05, 0) is 17.2 Å². The summed E-state index contributed by atoms with van der Waals surface area (Å²) in [6.07, 6.45) is 1.46. The van der Waals surface area contributed by atoms with E-state index in [1.165, 1.54) is 22.2 Å². The van der Waals surface area contributed by atoms with Crippen LogP contribution in [0.1, 0.15) is 5.56 Å². The highest BCUT2D eigenvalue weighted by Crippen LogP contribution is 2.30. The number of carbonyl (C=O) groups is 1. The number of rotatable bonds is 5. The Morgan fingerprint density at radius 1 is 1.07 bits per heavy atom. The van der Waals surface area contributed by atoms with Crippen molar-refractivity contribution in [3.05, 3.63) is 89.0 Å². The minimum Gasteiger partial charge on any atom is -0.340 e. The van der Waals surface area contributed by atoms with Gasteiger partial charge in [-0.2, -0.15) is 0 Å². The van der Waals surface area contributed by atoms with Crippen molar-refractivity contribution in [2.24, 2.45) is 0 Å². The van der Waals surface area contributed by atoms with Gasteiger partial charge in [0, 0.05) is 18.5 Å². The van der Waals surface area contributed by atoms with Crippen LogP contribution in [0, 0.1) is 0 Å². The van der Waals surface area contributed by atoms with Crippen molar-refractivity contribution in [3.8, 4) is 10.4 Å². The summed E-state index contributed by atoms with van der Waals surface area (Å²) in [6, 6.07) is 21.6. The normalized spacial score (nSPS) is 10.9. The lowest BCUT2D eigenvalue weighted by molar-refractivity contribution is -0.131. The summed E-state index contributed by atoms with van der Waals surface area (Å²) in [6.45, 7) is 0.477. The monoisotopic (exact) mass is 389 g/mol. The summed E-state index contributed by atoms with van der Waals surface area (Å²) >= 11 is 1.41. The molecule has 0 spiro atoms. The standard InChI is InChI=1S/C22H19N3O2S/c1-24(13-16-8-4-2-5-9-16)20(26)14-25-15-23-18-12-19(28-21(18)22(25)27)17-10-6-3-7-11-17/h2-12,15H,13-14H2,1H3. The molecule has 0 unspecified atom stereocenters. The van der Waals surface area contributed by atoms with E-state index >= 15 is 0 Å². The van der Waals surface area contributed by atoms with E-state index in [0.29, 0.717) is 16.8 Å². The summed E-state index contributed by atoms with van der Waals surface area (Å²) in [5.74, 6) is -0.132. The van der Waals surface area contributed by atoms with Crippen molar-refractivity contribution < 1.29 is 4.79 Å². The molecule has 6 heteroatoms. The molecule has 2 heterocycles. The molecule has 2 aromatic heterocycles. The predicted octanol–water partition coefficient (Wildman–Crippen LogP) is 3.78. The molecule has 140 valence electrons. The smallest absolute Gasteiger partial charge is 0.271 e. The molecule has 0 saturated carbocycles. The molecule has 0 N–H and O–H groups in total. The predicted molar refractivity (Wildman–Crippen MR) is 112 cm³/mol. The SMILES string of the molecule is CN(Cc1ccccc1)C(=O)Cn1cnc2cc(-c3ccccc3)sc2c1=O. The summed E-state index contributed by atoms with van der Waals surface area (Å²) in [7, 11) is 1.74. The lowest BCUT2D eigenvalue weighted by atomic mass is 10.2. The molecule has 0 atom stereocenters. The van der Waals surface area contributed by atoms with Crippen LogP contribution in [0.4, 0.5) is 0 Å². The molecule has 0 aliphatic heterocycles. The third-order valence-corrected chi connectivity index (χ3v) is 5.72. The van der Waals surface area contributed by atoms with E-state index < -0.39 is 0 Å². The van der Waals surface area contributed by atoms with Gasteiger partial charge < -0.3 is 4.90 Å². The first-order valence-corrected chi connectivity index (χ1v) is 9.76. The molecule has 28 heavy (non-hydrogen) atoms. The van der Waals surface area contributed by atoms with Crippen molar-refractivity contribution in [1.82, 2.24) is 14.5 Å². The highest BCUT2D eigenvalue weighted by atomic mass is 32.1. The second-order valence-corrected chi connectivity index (χ2v) is 7.66. The minimum absolute atomic E-state index is 0.0241. The highest BCUT2D eigenvalue weighted by molar-refractivity contribution is 7.22. The molecule has 4 aromatic rings. The number of carbonyl (C=O) groups excluding carboxylic acids is 1. The van der Waals surface area contributed by atoms with Crippen LogP contribution in [-0.4, -0.2) is 27.4 Å². The second-order valence-electron chi connectivity index (χ2n) is 6.60. The average molecular weight is 389 g/mol. The van der Waals surface area contributed by atoms with Crippen molar-refractivity contribution >= 4 is 27.5 Å². The number of aromatic nitrogens is 2. The number of amides is 1. The van der Waals surface area contributed by atoms with Crippen LogP contribution in [0.25, 0.3) is 20.7 Å². The van der Waals surface area contributed by atoms with Crippen LogP contribution >= 0.6 is 11.3 Å². The molecule has 2 aromatic carbocycles. The van der Waals surface area contributed by atoms with E-state index in [1.807, 2.05) is 66.7 Å². The van der Waals surface area contributed by atoms with Crippen LogP contribution < -0.4 is 5.56 Å². The van der Waals surface area contributed by atoms with Gasteiger partial charge >= 0.3 is 0 Å². The van der Waals surface area contributed by atoms with Crippen LogP contribution in [0.5, 0.6) is 0 Å². The van der Waals surface area contributed by atoms with Gasteiger partial charge in [-0.15, -0.1) is 11.3 Å². The molecule has 0 fully saturated rings. The topological polar surface area (TPSA) is 55.2 Å². The first-order chi connectivity index (χ1) is 13.6. The fraction of sp³-hybridized carbons (Fsp3) is 0.136. The van der Waals surface area contributed by atoms with Crippen LogP contribution in [0.3, 0.4) is 0 Å². The van der Waals surface area contributed by atoms with Gasteiger partial charge in [-0.25, -0.2) is 4.98 Å². The number of likely N-dealkylation sites (N-methyl/N-ethyl adjacent to an activating group) is 1. The van der Waals surface area contributed by atoms with Crippen LogP contribution in [0.2, 0.25) is 0 Å². The Morgan fingerprint density at radius 2 is 1.75 bits per heavy atom. The maximum atomic E-state index is 12.9. The Hall–Kier alpha value is -3.25. The molecule has 0 aliphatic rings. The maximum absolute atomic E-state index is 12.9. The van der Waals surface area contributed by atoms with Gasteiger partial charge in [0.1, 0.15) is 11.2 Å². The maximum Gasteiger partial charge on any atom is 0.271 e. The van der Waals surface area contributed by atoms with E-state index in [2.05, 4.69) is 4.98 Å². The quantitative estimate of drug-likeness (QED) is 0.522. The summed E-state index contributed by atoms with van der Waals surface area (Å²) in [5, 5.41) is 0. The lowest BCUT2D eigenvalue weighted by Gasteiger charge is -2.17. The second kappa shape index (κ2) is 7.78. The first kappa shape index (κ1) is 18.1. The van der Waals surface area contributed by atoms with Crippen LogP contribution in [-0.2, 0) is 17.9 Å². The summed E-state index contributed by atoms with van der Waals surface area (Å²) in [5.41, 5.74) is 2.58. The molecular weight excluding hydrogens is 370 g/mol. The van der Waals surface area contributed by atoms with Gasteiger partial charge in [0.05, 0.1) is 11.8 Å². The Kier molecular flexibility index (Phi) is 5.04. The number of hydrogen-bond donors (Lipinski definition) is 0. The number of hydrogen-bond acceptors (Lipinski definition) is 4. The third-order valence-electron chi connectivity index (χ3n) is 4.56. The molecule has 5 nitrogen and oxygen atoms in total. The van der Waals surface area contributed by atoms with Gasteiger partial charge in [-0.3, -0.25) is 14.2 Å². The van der Waals surface area contributed by atoms with E-state index in [9.17, 15) is 9.59 Å². The van der Waals surface area contributed by atoms with Gasteiger partial charge in [0.25, 0.3) is 5.56 Å². The van der Waals surface area contributed by atoms with Crippen molar-refractivity contribution in [2.45, 2.75) is 13.1 Å². The van der Waals surface area contributed by atoms with Crippen molar-refractivity contribution in [3.63, 3.8) is 0 Å². The lowest BCUT2D eigenvalue weighted by Crippen LogP contribution is -2.33. The van der Waals surface area contributed by atoms with Gasteiger partial charge in [-0.1, -0.05) is 60.7 Å². The van der Waals surface area contributed by atoms with E-state index in [0.717, 1.165) is 16.0 Å². The van der Waals surface area contributed by atoms with E-state index in [1.54, 1.807) is 11.9 Å². The van der Waals surface area contributed by atoms with Crippen LogP contribution in [0.15, 0.2) is 77.9 Å².